The molecule has 8 nitrogen and oxygen atoms in total. The summed E-state index contributed by atoms with van der Waals surface area (Å²) in [5.74, 6) is -1.21. The van der Waals surface area contributed by atoms with Crippen LogP contribution in [0.3, 0.4) is 0 Å². The van der Waals surface area contributed by atoms with E-state index >= 15 is 0 Å². The number of aromatic nitrogens is 2. The SMILES string of the molecule is CC1(C)CC(=O)c2c(C(F)(F)F)nn(-c3ccc(C(N)=O)c(NC4CCC(OC5CCCCO5)CC4)c3)c2C1. The number of alkyl halides is 3. The monoisotopic (exact) mass is 548 g/mol. The number of hydrogen-bond donors (Lipinski definition) is 2. The van der Waals surface area contributed by atoms with Crippen LogP contribution in [-0.4, -0.2) is 46.5 Å². The molecule has 39 heavy (non-hydrogen) atoms. The summed E-state index contributed by atoms with van der Waals surface area (Å²) in [5.41, 5.74) is 4.80. The highest BCUT2D eigenvalue weighted by molar-refractivity contribution is 6.00. The van der Waals surface area contributed by atoms with Gasteiger partial charge in [0.15, 0.2) is 17.8 Å². The Morgan fingerprint density at radius 1 is 1.15 bits per heavy atom. The smallest absolute Gasteiger partial charge is 0.382 e. The lowest BCUT2D eigenvalue weighted by atomic mass is 9.75. The molecule has 1 saturated carbocycles. The summed E-state index contributed by atoms with van der Waals surface area (Å²) < 4.78 is 54.7. The van der Waals surface area contributed by atoms with E-state index in [1.807, 2.05) is 13.8 Å². The van der Waals surface area contributed by atoms with E-state index in [4.69, 9.17) is 15.2 Å². The third-order valence-electron chi connectivity index (χ3n) is 7.84. The van der Waals surface area contributed by atoms with Crippen LogP contribution < -0.4 is 11.1 Å². The van der Waals surface area contributed by atoms with Crippen molar-refractivity contribution >= 4 is 17.4 Å². The quantitative estimate of drug-likeness (QED) is 0.500. The standard InChI is InChI=1S/C28H35F3N4O4/c1-27(2)14-21-24(22(36)15-27)25(28(29,30)31)34-35(21)17-8-11-19(26(32)37)20(13-17)33-16-6-9-18(10-7-16)39-23-5-3-4-12-38-23/h8,11,13,16,18,23,33H,3-7,9-10,12,14-15H2,1-2H3,(H2,32,37). The minimum Gasteiger partial charge on any atom is -0.382 e. The third kappa shape index (κ3) is 5.99. The van der Waals surface area contributed by atoms with Gasteiger partial charge in [0, 0.05) is 24.8 Å². The average Bonchev–Trinajstić information content (AvgIpc) is 3.25. The van der Waals surface area contributed by atoms with Crippen molar-refractivity contribution in [3.05, 3.63) is 40.7 Å². The van der Waals surface area contributed by atoms with E-state index in [2.05, 4.69) is 10.4 Å². The van der Waals surface area contributed by atoms with E-state index < -0.39 is 29.0 Å². The number of rotatable bonds is 6. The van der Waals surface area contributed by atoms with Crippen molar-refractivity contribution in [3.8, 4) is 5.69 Å². The number of fused-ring (bicyclic) bond motifs is 1. The Kier molecular flexibility index (Phi) is 7.49. The van der Waals surface area contributed by atoms with Crippen molar-refractivity contribution in [3.63, 3.8) is 0 Å². The number of ether oxygens (including phenoxy) is 2. The van der Waals surface area contributed by atoms with Gasteiger partial charge < -0.3 is 20.5 Å². The maximum absolute atomic E-state index is 13.9. The van der Waals surface area contributed by atoms with Gasteiger partial charge in [0.05, 0.1) is 28.6 Å². The van der Waals surface area contributed by atoms with Gasteiger partial charge in [-0.2, -0.15) is 18.3 Å². The van der Waals surface area contributed by atoms with Crippen molar-refractivity contribution in [2.24, 2.45) is 11.1 Å². The summed E-state index contributed by atoms with van der Waals surface area (Å²) in [6, 6.07) is 4.63. The molecule has 2 aliphatic carbocycles. The minimum atomic E-state index is -4.77. The molecule has 1 aromatic carbocycles. The van der Waals surface area contributed by atoms with Crippen molar-refractivity contribution in [1.29, 1.82) is 0 Å². The largest absolute Gasteiger partial charge is 0.435 e. The van der Waals surface area contributed by atoms with Crippen LogP contribution in [0.1, 0.15) is 97.3 Å². The molecule has 1 aliphatic heterocycles. The van der Waals surface area contributed by atoms with Gasteiger partial charge >= 0.3 is 6.18 Å². The second-order valence-corrected chi connectivity index (χ2v) is 11.7. The van der Waals surface area contributed by atoms with Crippen molar-refractivity contribution in [2.45, 2.75) is 96.2 Å². The molecule has 2 heterocycles. The minimum absolute atomic E-state index is 0.0153. The fourth-order valence-corrected chi connectivity index (χ4v) is 5.95. The van der Waals surface area contributed by atoms with E-state index in [9.17, 15) is 22.8 Å². The number of Topliss-reactive ketones (excluding diaryl/α,β-unsaturated/α-hetero) is 1. The van der Waals surface area contributed by atoms with Crippen LogP contribution in [0.5, 0.6) is 0 Å². The third-order valence-corrected chi connectivity index (χ3v) is 7.84. The summed E-state index contributed by atoms with van der Waals surface area (Å²) in [4.78, 5) is 25.0. The summed E-state index contributed by atoms with van der Waals surface area (Å²) in [6.45, 7) is 4.42. The lowest BCUT2D eigenvalue weighted by molar-refractivity contribution is -0.193. The normalized spacial score (nSPS) is 25.3. The van der Waals surface area contributed by atoms with Crippen LogP contribution in [0, 0.1) is 5.41 Å². The molecule has 1 atom stereocenters. The molecule has 1 saturated heterocycles. The number of carbonyl (C=O) groups excluding carboxylic acids is 2. The first-order valence-corrected chi connectivity index (χ1v) is 13.6. The van der Waals surface area contributed by atoms with Crippen LogP contribution in [0.2, 0.25) is 0 Å². The highest BCUT2D eigenvalue weighted by atomic mass is 19.4. The zero-order chi connectivity index (χ0) is 27.9. The number of benzene rings is 1. The molecule has 2 aromatic rings. The highest BCUT2D eigenvalue weighted by Crippen LogP contribution is 2.42. The predicted octanol–water partition coefficient (Wildman–Crippen LogP) is 5.41. The zero-order valence-electron chi connectivity index (χ0n) is 22.3. The number of nitrogens with two attached hydrogens (primary N) is 1. The van der Waals surface area contributed by atoms with Gasteiger partial charge in [0.1, 0.15) is 0 Å². The maximum atomic E-state index is 13.9. The van der Waals surface area contributed by atoms with E-state index in [1.165, 1.54) is 16.8 Å². The molecule has 0 radical (unpaired) electrons. The van der Waals surface area contributed by atoms with Gasteiger partial charge in [0.2, 0.25) is 0 Å². The number of primary amides is 1. The Morgan fingerprint density at radius 2 is 1.90 bits per heavy atom. The van der Waals surface area contributed by atoms with Gasteiger partial charge in [-0.3, -0.25) is 9.59 Å². The zero-order valence-corrected chi connectivity index (χ0v) is 22.3. The molecule has 5 rings (SSSR count). The Balaban J connectivity index is 1.40. The van der Waals surface area contributed by atoms with Gasteiger partial charge in [0.25, 0.3) is 5.91 Å². The van der Waals surface area contributed by atoms with Crippen LogP contribution in [0.4, 0.5) is 18.9 Å². The van der Waals surface area contributed by atoms with Crippen LogP contribution in [0.15, 0.2) is 18.2 Å². The van der Waals surface area contributed by atoms with E-state index in [0.29, 0.717) is 11.4 Å². The molecule has 1 aromatic heterocycles. The Hall–Kier alpha value is -2.92. The summed E-state index contributed by atoms with van der Waals surface area (Å²) >= 11 is 0. The number of nitrogens with zero attached hydrogens (tertiary/aromatic N) is 2. The fraction of sp³-hybridized carbons (Fsp3) is 0.607. The number of nitrogens with one attached hydrogen (secondary N) is 1. The molecule has 1 amide bonds. The molecular weight excluding hydrogens is 513 g/mol. The van der Waals surface area contributed by atoms with Crippen LogP contribution >= 0.6 is 0 Å². The molecule has 2 fully saturated rings. The maximum Gasteiger partial charge on any atom is 0.435 e. The second-order valence-electron chi connectivity index (χ2n) is 11.7. The van der Waals surface area contributed by atoms with Gasteiger partial charge in [-0.15, -0.1) is 0 Å². The molecular formula is C28H35F3N4O4. The van der Waals surface area contributed by atoms with Gasteiger partial charge in [-0.05, 0) is 75.0 Å². The van der Waals surface area contributed by atoms with Crippen molar-refractivity contribution in [1.82, 2.24) is 9.78 Å². The number of ketones is 1. The van der Waals surface area contributed by atoms with Gasteiger partial charge in [-0.25, -0.2) is 4.68 Å². The molecule has 3 N–H and O–H groups in total. The molecule has 1 unspecified atom stereocenters. The summed E-state index contributed by atoms with van der Waals surface area (Å²) in [5, 5.41) is 7.27. The first-order valence-electron chi connectivity index (χ1n) is 13.6. The Labute approximate surface area is 225 Å². The number of amides is 1. The molecule has 11 heteroatoms. The van der Waals surface area contributed by atoms with E-state index in [1.54, 1.807) is 6.07 Å². The summed E-state index contributed by atoms with van der Waals surface area (Å²) in [7, 11) is 0. The Morgan fingerprint density at radius 3 is 2.54 bits per heavy atom. The molecule has 212 valence electrons. The highest BCUT2D eigenvalue weighted by Gasteiger charge is 2.45. The first kappa shape index (κ1) is 27.6. The second kappa shape index (κ2) is 10.6. The number of halogens is 3. The molecule has 0 bridgehead atoms. The van der Waals surface area contributed by atoms with E-state index in [-0.39, 0.29) is 48.1 Å². The number of anilines is 1. The van der Waals surface area contributed by atoms with Crippen molar-refractivity contribution in [2.75, 3.05) is 11.9 Å². The fourth-order valence-electron chi connectivity index (χ4n) is 5.95. The molecule has 3 aliphatic rings. The van der Waals surface area contributed by atoms with Crippen molar-refractivity contribution < 1.29 is 32.2 Å². The Bertz CT molecular complexity index is 1240. The number of carbonyl (C=O) groups is 2. The van der Waals surface area contributed by atoms with E-state index in [0.717, 1.165) is 51.6 Å². The lowest BCUT2D eigenvalue weighted by Gasteiger charge is -2.33. The van der Waals surface area contributed by atoms with Gasteiger partial charge in [-0.1, -0.05) is 13.8 Å². The number of hydrogen-bond acceptors (Lipinski definition) is 6. The topological polar surface area (TPSA) is 108 Å². The average molecular weight is 549 g/mol. The van der Waals surface area contributed by atoms with Crippen LogP contribution in [0.25, 0.3) is 5.69 Å². The van der Waals surface area contributed by atoms with Crippen LogP contribution in [-0.2, 0) is 22.1 Å². The first-order chi connectivity index (χ1) is 18.4. The molecule has 0 spiro atoms. The summed E-state index contributed by atoms with van der Waals surface area (Å²) in [6.07, 6.45) is 1.74. The lowest BCUT2D eigenvalue weighted by Crippen LogP contribution is -2.34. The predicted molar refractivity (Wildman–Crippen MR) is 138 cm³/mol.